The van der Waals surface area contributed by atoms with Crippen LogP contribution in [0, 0.1) is 6.92 Å². The molecule has 1 aliphatic rings. The summed E-state index contributed by atoms with van der Waals surface area (Å²) in [7, 11) is 1.70. The number of methoxy groups -OCH3 is 1. The summed E-state index contributed by atoms with van der Waals surface area (Å²) >= 11 is 0. The Hall–Kier alpha value is -2.34. The first-order valence-electron chi connectivity index (χ1n) is 7.84. The number of hydrogen-bond acceptors (Lipinski definition) is 3. The van der Waals surface area contributed by atoms with Crippen LogP contribution in [0.15, 0.2) is 36.5 Å². The fourth-order valence-corrected chi connectivity index (χ4v) is 2.76. The molecule has 0 bridgehead atoms. The Bertz CT molecular complexity index is 686. The highest BCUT2D eigenvalue weighted by atomic mass is 16.5. The minimum absolute atomic E-state index is 0.185. The summed E-state index contributed by atoms with van der Waals surface area (Å²) in [5.41, 5.74) is 2.29. The van der Waals surface area contributed by atoms with Gasteiger partial charge in [-0.2, -0.15) is 5.10 Å². The number of amides is 2. The molecule has 2 amide bonds. The number of hydrogen-bond donors (Lipinski definition) is 2. The Morgan fingerprint density at radius 3 is 2.74 bits per heavy atom. The second kappa shape index (κ2) is 6.42. The highest BCUT2D eigenvalue weighted by Crippen LogP contribution is 2.34. The predicted octanol–water partition coefficient (Wildman–Crippen LogP) is 2.87. The van der Waals surface area contributed by atoms with Gasteiger partial charge in [-0.25, -0.2) is 9.48 Å². The van der Waals surface area contributed by atoms with Gasteiger partial charge in [-0.3, -0.25) is 0 Å². The van der Waals surface area contributed by atoms with E-state index >= 15 is 0 Å². The lowest BCUT2D eigenvalue weighted by Gasteiger charge is -2.40. The van der Waals surface area contributed by atoms with Gasteiger partial charge in [0, 0.05) is 19.9 Å². The fourth-order valence-electron chi connectivity index (χ4n) is 2.76. The lowest BCUT2D eigenvalue weighted by Crippen LogP contribution is -2.50. The van der Waals surface area contributed by atoms with E-state index in [-0.39, 0.29) is 11.6 Å². The number of carbonyl (C=O) groups is 1. The Morgan fingerprint density at radius 2 is 2.13 bits per heavy atom. The van der Waals surface area contributed by atoms with Crippen LogP contribution >= 0.6 is 0 Å². The molecule has 0 spiro atoms. The summed E-state index contributed by atoms with van der Waals surface area (Å²) in [6.45, 7) is 2.46. The normalized spacial score (nSPS) is 15.7. The Balaban J connectivity index is 1.67. The van der Waals surface area contributed by atoms with Crippen molar-refractivity contribution in [3.8, 4) is 5.69 Å². The van der Waals surface area contributed by atoms with E-state index in [1.165, 1.54) is 0 Å². The molecule has 0 atom stereocenters. The van der Waals surface area contributed by atoms with Crippen molar-refractivity contribution in [1.82, 2.24) is 15.1 Å². The smallest absolute Gasteiger partial charge is 0.319 e. The number of nitrogens with zero attached hydrogens (tertiary/aromatic N) is 2. The first kappa shape index (κ1) is 15.6. The van der Waals surface area contributed by atoms with Crippen LogP contribution in [-0.2, 0) is 4.74 Å². The lowest BCUT2D eigenvalue weighted by molar-refractivity contribution is -0.0671. The summed E-state index contributed by atoms with van der Waals surface area (Å²) in [5, 5.41) is 10.2. The zero-order valence-corrected chi connectivity index (χ0v) is 13.5. The van der Waals surface area contributed by atoms with Gasteiger partial charge in [0.1, 0.15) is 0 Å². The number of carbonyl (C=O) groups excluding carboxylic acids is 1. The summed E-state index contributed by atoms with van der Waals surface area (Å²) in [6.07, 6.45) is 5.01. The zero-order chi connectivity index (χ0) is 16.3. The molecule has 2 N–H and O–H groups in total. The lowest BCUT2D eigenvalue weighted by atomic mass is 9.80. The van der Waals surface area contributed by atoms with Crippen LogP contribution in [0.25, 0.3) is 5.69 Å². The molecule has 6 nitrogen and oxygen atoms in total. The summed E-state index contributed by atoms with van der Waals surface area (Å²) in [6, 6.07) is 9.29. The standard InChI is InChI=1S/C17H22N4O2/c1-13-8-11-21(20-13)15-7-4-3-6-14(15)19-16(22)18-12-17(23-2)9-5-10-17/h3-4,6-8,11H,5,9-10,12H2,1-2H3,(H2,18,19,22). The van der Waals surface area contributed by atoms with Crippen molar-refractivity contribution >= 4 is 11.7 Å². The Kier molecular flexibility index (Phi) is 4.34. The first-order chi connectivity index (χ1) is 11.1. The monoisotopic (exact) mass is 314 g/mol. The number of benzene rings is 1. The summed E-state index contributed by atoms with van der Waals surface area (Å²) < 4.78 is 7.27. The van der Waals surface area contributed by atoms with Crippen LogP contribution in [0.1, 0.15) is 25.0 Å². The van der Waals surface area contributed by atoms with Crippen LogP contribution in [0.5, 0.6) is 0 Å². The third-order valence-electron chi connectivity index (χ3n) is 4.39. The van der Waals surface area contributed by atoms with Crippen LogP contribution in [-0.4, -0.2) is 35.1 Å². The van der Waals surface area contributed by atoms with Crippen LogP contribution < -0.4 is 10.6 Å². The molecule has 0 saturated heterocycles. The van der Waals surface area contributed by atoms with Crippen molar-refractivity contribution in [3.63, 3.8) is 0 Å². The van der Waals surface area contributed by atoms with Gasteiger partial charge in [-0.15, -0.1) is 0 Å². The number of aryl methyl sites for hydroxylation is 1. The van der Waals surface area contributed by atoms with Crippen LogP contribution in [0.3, 0.4) is 0 Å². The van der Waals surface area contributed by atoms with Crippen molar-refractivity contribution < 1.29 is 9.53 Å². The van der Waals surface area contributed by atoms with Crippen LogP contribution in [0.4, 0.5) is 10.5 Å². The van der Waals surface area contributed by atoms with E-state index in [2.05, 4.69) is 15.7 Å². The van der Waals surface area contributed by atoms with Crippen molar-refractivity contribution in [2.75, 3.05) is 19.0 Å². The van der Waals surface area contributed by atoms with E-state index in [0.717, 1.165) is 30.6 Å². The Labute approximate surface area is 135 Å². The highest BCUT2D eigenvalue weighted by Gasteiger charge is 2.37. The van der Waals surface area contributed by atoms with E-state index < -0.39 is 0 Å². The number of aromatic nitrogens is 2. The molecule has 1 heterocycles. The molecule has 1 aliphatic carbocycles. The average molecular weight is 314 g/mol. The molecule has 3 rings (SSSR count). The number of rotatable bonds is 5. The molecule has 23 heavy (non-hydrogen) atoms. The molecule has 0 radical (unpaired) electrons. The number of ether oxygens (including phenoxy) is 1. The van der Waals surface area contributed by atoms with Crippen molar-refractivity contribution in [1.29, 1.82) is 0 Å². The zero-order valence-electron chi connectivity index (χ0n) is 13.5. The fraction of sp³-hybridized carbons (Fsp3) is 0.412. The van der Waals surface area contributed by atoms with Crippen molar-refractivity contribution in [3.05, 3.63) is 42.2 Å². The molecule has 6 heteroatoms. The SMILES string of the molecule is COC1(CNC(=O)Nc2ccccc2-n2ccc(C)n2)CCC1. The number of anilines is 1. The maximum absolute atomic E-state index is 12.2. The molecule has 122 valence electrons. The van der Waals surface area contributed by atoms with Gasteiger partial charge in [-0.05, 0) is 44.4 Å². The van der Waals surface area contributed by atoms with E-state index in [1.807, 2.05) is 43.5 Å². The summed E-state index contributed by atoms with van der Waals surface area (Å²) in [4.78, 5) is 12.2. The van der Waals surface area contributed by atoms with E-state index in [1.54, 1.807) is 11.8 Å². The quantitative estimate of drug-likeness (QED) is 0.891. The Morgan fingerprint density at radius 1 is 1.35 bits per heavy atom. The van der Waals surface area contributed by atoms with E-state index in [4.69, 9.17) is 4.74 Å². The van der Waals surface area contributed by atoms with Crippen molar-refractivity contribution in [2.45, 2.75) is 31.8 Å². The second-order valence-electron chi connectivity index (χ2n) is 5.97. The molecule has 1 fully saturated rings. The highest BCUT2D eigenvalue weighted by molar-refractivity contribution is 5.91. The second-order valence-corrected chi connectivity index (χ2v) is 5.97. The molecular weight excluding hydrogens is 292 g/mol. The minimum atomic E-state index is -0.232. The maximum Gasteiger partial charge on any atom is 0.319 e. The van der Waals surface area contributed by atoms with Gasteiger partial charge >= 0.3 is 6.03 Å². The van der Waals surface area contributed by atoms with Gasteiger partial charge in [0.05, 0.1) is 22.7 Å². The predicted molar refractivity (Wildman–Crippen MR) is 88.9 cm³/mol. The van der Waals surface area contributed by atoms with Crippen LogP contribution in [0.2, 0.25) is 0 Å². The van der Waals surface area contributed by atoms with Gasteiger partial charge in [0.15, 0.2) is 0 Å². The molecule has 1 aromatic carbocycles. The number of nitrogens with one attached hydrogen (secondary N) is 2. The molecule has 0 unspecified atom stereocenters. The topological polar surface area (TPSA) is 68.2 Å². The molecule has 1 aromatic heterocycles. The van der Waals surface area contributed by atoms with Gasteiger partial charge in [-0.1, -0.05) is 12.1 Å². The van der Waals surface area contributed by atoms with Gasteiger partial charge in [0.25, 0.3) is 0 Å². The van der Waals surface area contributed by atoms with Gasteiger partial charge in [0.2, 0.25) is 0 Å². The average Bonchev–Trinajstić information content (AvgIpc) is 2.93. The molecule has 0 aliphatic heterocycles. The van der Waals surface area contributed by atoms with Crippen molar-refractivity contribution in [2.24, 2.45) is 0 Å². The largest absolute Gasteiger partial charge is 0.376 e. The number of urea groups is 1. The van der Waals surface area contributed by atoms with E-state index in [0.29, 0.717) is 12.2 Å². The third kappa shape index (κ3) is 3.37. The minimum Gasteiger partial charge on any atom is -0.376 e. The number of para-hydroxylation sites is 2. The molecule has 1 saturated carbocycles. The van der Waals surface area contributed by atoms with Gasteiger partial charge < -0.3 is 15.4 Å². The third-order valence-corrected chi connectivity index (χ3v) is 4.39. The summed E-state index contributed by atoms with van der Waals surface area (Å²) in [5.74, 6) is 0. The molecular formula is C17H22N4O2. The molecule has 2 aromatic rings. The first-order valence-corrected chi connectivity index (χ1v) is 7.84. The maximum atomic E-state index is 12.2. The van der Waals surface area contributed by atoms with E-state index in [9.17, 15) is 4.79 Å².